The summed E-state index contributed by atoms with van der Waals surface area (Å²) in [4.78, 5) is 0. The average molecular weight is 381 g/mol. The summed E-state index contributed by atoms with van der Waals surface area (Å²) >= 11 is 9.56. The van der Waals surface area contributed by atoms with Gasteiger partial charge in [-0.05, 0) is 44.2 Å². The molecule has 0 N–H and O–H groups in total. The molecule has 1 aromatic carbocycles. The summed E-state index contributed by atoms with van der Waals surface area (Å²) in [7, 11) is 0. The third-order valence-corrected chi connectivity index (χ3v) is 5.55. The molecule has 3 aromatic rings. The lowest BCUT2D eigenvalue weighted by Gasteiger charge is -2.03. The van der Waals surface area contributed by atoms with Gasteiger partial charge >= 0.3 is 0 Å². The highest BCUT2D eigenvalue weighted by molar-refractivity contribution is 8.00. The number of rotatable bonds is 6. The zero-order valence-corrected chi connectivity index (χ0v) is 16.0. The molecule has 24 heavy (non-hydrogen) atoms. The molecule has 2 heterocycles. The molecule has 0 aliphatic rings. The van der Waals surface area contributed by atoms with Crippen molar-refractivity contribution in [1.29, 1.82) is 0 Å². The lowest BCUT2D eigenvalue weighted by atomic mass is 10.3. The van der Waals surface area contributed by atoms with Gasteiger partial charge in [-0.3, -0.25) is 0 Å². The molecule has 3 rings (SSSR count). The van der Waals surface area contributed by atoms with Crippen LogP contribution < -0.4 is 4.74 Å². The van der Waals surface area contributed by atoms with E-state index in [0.717, 1.165) is 21.3 Å². The monoisotopic (exact) mass is 380 g/mol. The molecule has 0 saturated carbocycles. The van der Waals surface area contributed by atoms with Gasteiger partial charge in [0.1, 0.15) is 5.15 Å². The molecular formula is C16H17ClN4OS2. The van der Waals surface area contributed by atoms with Gasteiger partial charge in [-0.2, -0.15) is 5.10 Å². The van der Waals surface area contributed by atoms with E-state index in [1.165, 1.54) is 11.3 Å². The fraction of sp³-hybridized carbons (Fsp3) is 0.312. The van der Waals surface area contributed by atoms with Crippen LogP contribution in [-0.4, -0.2) is 26.1 Å². The summed E-state index contributed by atoms with van der Waals surface area (Å²) in [5.74, 6) is 0.688. The molecule has 0 atom stereocenters. The summed E-state index contributed by atoms with van der Waals surface area (Å²) < 4.78 is 8.16. The molecule has 0 aliphatic carbocycles. The minimum atomic E-state index is 0.0941. The Hall–Kier alpha value is -1.57. The molecule has 0 aliphatic heterocycles. The van der Waals surface area contributed by atoms with Crippen molar-refractivity contribution in [3.8, 4) is 10.9 Å². The second-order valence-corrected chi connectivity index (χ2v) is 7.91. The summed E-state index contributed by atoms with van der Waals surface area (Å²) in [6.07, 6.45) is 0.0941. The van der Waals surface area contributed by atoms with Gasteiger partial charge in [-0.1, -0.05) is 46.7 Å². The first-order valence-electron chi connectivity index (χ1n) is 7.47. The molecule has 2 aromatic heterocycles. The van der Waals surface area contributed by atoms with E-state index in [4.69, 9.17) is 16.3 Å². The van der Waals surface area contributed by atoms with Crippen molar-refractivity contribution in [3.05, 3.63) is 46.7 Å². The lowest BCUT2D eigenvalue weighted by molar-refractivity contribution is 0.239. The van der Waals surface area contributed by atoms with Gasteiger partial charge in [0.15, 0.2) is 4.34 Å². The Morgan fingerprint density at radius 2 is 2.00 bits per heavy atom. The molecule has 0 spiro atoms. The van der Waals surface area contributed by atoms with Gasteiger partial charge < -0.3 is 4.74 Å². The van der Waals surface area contributed by atoms with Gasteiger partial charge in [-0.15, -0.1) is 5.10 Å². The van der Waals surface area contributed by atoms with Crippen molar-refractivity contribution in [1.82, 2.24) is 20.0 Å². The van der Waals surface area contributed by atoms with E-state index in [1.54, 1.807) is 16.4 Å². The molecule has 0 radical (unpaired) electrons. The first-order chi connectivity index (χ1) is 11.5. The third kappa shape index (κ3) is 3.91. The van der Waals surface area contributed by atoms with Crippen molar-refractivity contribution >= 4 is 34.7 Å². The molecule has 0 saturated heterocycles. The Bertz CT molecular complexity index is 817. The molecule has 0 fully saturated rings. The normalized spacial score (nSPS) is 11.2. The van der Waals surface area contributed by atoms with E-state index < -0.39 is 0 Å². The fourth-order valence-electron chi connectivity index (χ4n) is 2.07. The zero-order chi connectivity index (χ0) is 17.1. The lowest BCUT2D eigenvalue weighted by Crippen LogP contribution is -2.04. The van der Waals surface area contributed by atoms with Crippen LogP contribution in [0.4, 0.5) is 0 Å². The highest BCUT2D eigenvalue weighted by Gasteiger charge is 2.16. The van der Waals surface area contributed by atoms with Crippen LogP contribution >= 0.6 is 34.7 Å². The van der Waals surface area contributed by atoms with E-state index in [9.17, 15) is 0 Å². The van der Waals surface area contributed by atoms with Crippen LogP contribution in [0.25, 0.3) is 5.69 Å². The van der Waals surface area contributed by atoms with Crippen LogP contribution in [0.15, 0.2) is 34.7 Å². The van der Waals surface area contributed by atoms with Crippen LogP contribution in [0.1, 0.15) is 25.1 Å². The summed E-state index contributed by atoms with van der Waals surface area (Å²) in [5.41, 5.74) is 2.87. The van der Waals surface area contributed by atoms with Crippen molar-refractivity contribution in [2.24, 2.45) is 0 Å². The van der Waals surface area contributed by atoms with E-state index >= 15 is 0 Å². The van der Waals surface area contributed by atoms with Crippen LogP contribution in [0.5, 0.6) is 5.19 Å². The SMILES string of the molecule is Cc1nn(-c2ccccc2)c(Cl)c1CSc1nnc(OC(C)C)s1. The van der Waals surface area contributed by atoms with Gasteiger partial charge in [0.25, 0.3) is 5.19 Å². The number of hydrogen-bond acceptors (Lipinski definition) is 6. The standard InChI is InChI=1S/C16H17ClN4OS2/c1-10(2)22-15-18-19-16(24-15)23-9-13-11(3)20-21(14(13)17)12-7-5-4-6-8-12/h4-8,10H,9H2,1-3H3. The van der Waals surface area contributed by atoms with Gasteiger partial charge in [0.05, 0.1) is 17.5 Å². The number of hydrogen-bond donors (Lipinski definition) is 0. The number of thioether (sulfide) groups is 1. The topological polar surface area (TPSA) is 52.8 Å². The number of benzene rings is 1. The first kappa shape index (κ1) is 17.3. The Morgan fingerprint density at radius 1 is 1.25 bits per heavy atom. The predicted molar refractivity (Wildman–Crippen MR) is 98.5 cm³/mol. The van der Waals surface area contributed by atoms with Crippen molar-refractivity contribution in [3.63, 3.8) is 0 Å². The molecule has 0 bridgehead atoms. The molecule has 0 unspecified atom stereocenters. The third-order valence-electron chi connectivity index (χ3n) is 3.19. The first-order valence-corrected chi connectivity index (χ1v) is 9.65. The Labute approximate surface area is 154 Å². The van der Waals surface area contributed by atoms with Gasteiger partial charge in [0.2, 0.25) is 0 Å². The van der Waals surface area contributed by atoms with Crippen molar-refractivity contribution in [2.75, 3.05) is 0 Å². The minimum Gasteiger partial charge on any atom is -0.466 e. The van der Waals surface area contributed by atoms with E-state index in [1.807, 2.05) is 51.1 Å². The van der Waals surface area contributed by atoms with Gasteiger partial charge in [-0.25, -0.2) is 4.68 Å². The number of aryl methyl sites for hydroxylation is 1. The van der Waals surface area contributed by atoms with Crippen molar-refractivity contribution in [2.45, 2.75) is 37.0 Å². The quantitative estimate of drug-likeness (QED) is 0.577. The van der Waals surface area contributed by atoms with Crippen LogP contribution in [0.2, 0.25) is 5.15 Å². The molecule has 0 amide bonds. The number of aromatic nitrogens is 4. The van der Waals surface area contributed by atoms with E-state index in [0.29, 0.717) is 16.1 Å². The highest BCUT2D eigenvalue weighted by Crippen LogP contribution is 2.33. The highest BCUT2D eigenvalue weighted by atomic mass is 35.5. The number of halogens is 1. The smallest absolute Gasteiger partial charge is 0.295 e. The molecular weight excluding hydrogens is 364 g/mol. The summed E-state index contributed by atoms with van der Waals surface area (Å²) in [6.45, 7) is 5.90. The number of ether oxygens (including phenoxy) is 1. The number of nitrogens with zero attached hydrogens (tertiary/aromatic N) is 4. The average Bonchev–Trinajstić information content (AvgIpc) is 3.10. The molecule has 126 valence electrons. The summed E-state index contributed by atoms with van der Waals surface area (Å²) in [6, 6.07) is 9.87. The Balaban J connectivity index is 1.74. The van der Waals surface area contributed by atoms with Crippen LogP contribution in [0.3, 0.4) is 0 Å². The van der Waals surface area contributed by atoms with Crippen LogP contribution in [0, 0.1) is 6.92 Å². The maximum Gasteiger partial charge on any atom is 0.295 e. The zero-order valence-electron chi connectivity index (χ0n) is 13.6. The Morgan fingerprint density at radius 3 is 2.71 bits per heavy atom. The van der Waals surface area contributed by atoms with Crippen molar-refractivity contribution < 1.29 is 4.74 Å². The number of para-hydroxylation sites is 1. The predicted octanol–water partition coefficient (Wildman–Crippen LogP) is 4.77. The fourth-order valence-corrected chi connectivity index (χ4v) is 4.38. The Kier molecular flexibility index (Phi) is 5.43. The molecule has 8 heteroatoms. The van der Waals surface area contributed by atoms with E-state index in [2.05, 4.69) is 15.3 Å². The maximum absolute atomic E-state index is 6.53. The van der Waals surface area contributed by atoms with Gasteiger partial charge in [0, 0.05) is 11.3 Å². The second-order valence-electron chi connectivity index (χ2n) is 5.39. The maximum atomic E-state index is 6.53. The summed E-state index contributed by atoms with van der Waals surface area (Å²) in [5, 5.41) is 14.0. The molecule has 5 nitrogen and oxygen atoms in total. The largest absolute Gasteiger partial charge is 0.466 e. The van der Waals surface area contributed by atoms with E-state index in [-0.39, 0.29) is 6.10 Å². The second kappa shape index (κ2) is 7.55. The van der Waals surface area contributed by atoms with Crippen LogP contribution in [-0.2, 0) is 5.75 Å². The minimum absolute atomic E-state index is 0.0941.